The molecular formula is C12H15N5O. The highest BCUT2D eigenvalue weighted by atomic mass is 16.2. The first-order valence-corrected chi connectivity index (χ1v) is 5.58. The summed E-state index contributed by atoms with van der Waals surface area (Å²) in [5.74, 6) is 0.371. The number of carbonyl (C=O) groups is 1. The largest absolute Gasteiger partial charge is 0.309 e. The molecule has 0 aromatic carbocycles. The fourth-order valence-corrected chi connectivity index (χ4v) is 1.67. The molecule has 1 unspecified atom stereocenters. The Morgan fingerprint density at radius 3 is 2.83 bits per heavy atom. The highest BCUT2D eigenvalue weighted by molar-refractivity contribution is 5.94. The summed E-state index contributed by atoms with van der Waals surface area (Å²) in [6.07, 6.45) is 5.10. The monoisotopic (exact) mass is 245 g/mol. The van der Waals surface area contributed by atoms with Crippen LogP contribution in [-0.2, 0) is 11.8 Å². The summed E-state index contributed by atoms with van der Waals surface area (Å²) in [6.45, 7) is 0. The maximum Gasteiger partial charge on any atom is 0.247 e. The number of aromatic nitrogens is 3. The smallest absolute Gasteiger partial charge is 0.247 e. The standard InChI is InChI=1S/C12H15N5O/c1-13-11(9-7-15-17(2)8-9)12(18)16-10-5-3-4-6-14-10/h3-8,11,13H,1-2H3,(H,14,16,18). The minimum absolute atomic E-state index is 0.163. The Hall–Kier alpha value is -2.21. The topological polar surface area (TPSA) is 71.8 Å². The maximum absolute atomic E-state index is 12.1. The number of anilines is 1. The summed E-state index contributed by atoms with van der Waals surface area (Å²) in [4.78, 5) is 16.2. The van der Waals surface area contributed by atoms with Gasteiger partial charge in [0.15, 0.2) is 0 Å². The van der Waals surface area contributed by atoms with Gasteiger partial charge in [0.2, 0.25) is 5.91 Å². The highest BCUT2D eigenvalue weighted by Crippen LogP contribution is 2.13. The molecule has 6 nitrogen and oxygen atoms in total. The SMILES string of the molecule is CNC(C(=O)Nc1ccccn1)c1cnn(C)c1. The molecule has 0 radical (unpaired) electrons. The first kappa shape index (κ1) is 12.3. The Bertz CT molecular complexity index is 522. The minimum atomic E-state index is -0.444. The van der Waals surface area contributed by atoms with E-state index in [9.17, 15) is 4.79 Å². The fraction of sp³-hybridized carbons (Fsp3) is 0.250. The van der Waals surface area contributed by atoms with Crippen LogP contribution >= 0.6 is 0 Å². The number of hydrogen-bond acceptors (Lipinski definition) is 4. The van der Waals surface area contributed by atoms with Gasteiger partial charge in [-0.05, 0) is 19.2 Å². The van der Waals surface area contributed by atoms with Crippen molar-refractivity contribution in [3.8, 4) is 0 Å². The number of nitrogens with one attached hydrogen (secondary N) is 2. The zero-order chi connectivity index (χ0) is 13.0. The Balaban J connectivity index is 2.11. The lowest BCUT2D eigenvalue weighted by molar-refractivity contribution is -0.118. The molecule has 2 N–H and O–H groups in total. The van der Waals surface area contributed by atoms with Crippen LogP contribution in [0.25, 0.3) is 0 Å². The minimum Gasteiger partial charge on any atom is -0.309 e. The predicted octanol–water partition coefficient (Wildman–Crippen LogP) is 0.714. The van der Waals surface area contributed by atoms with Gasteiger partial charge in [0.1, 0.15) is 11.9 Å². The van der Waals surface area contributed by atoms with Gasteiger partial charge in [0.25, 0.3) is 0 Å². The van der Waals surface area contributed by atoms with Gasteiger partial charge in [-0.25, -0.2) is 4.98 Å². The van der Waals surface area contributed by atoms with Crippen molar-refractivity contribution in [1.29, 1.82) is 0 Å². The van der Waals surface area contributed by atoms with Crippen LogP contribution in [0.4, 0.5) is 5.82 Å². The average molecular weight is 245 g/mol. The molecule has 0 aliphatic carbocycles. The van der Waals surface area contributed by atoms with Crippen LogP contribution in [0.5, 0.6) is 0 Å². The second-order valence-corrected chi connectivity index (χ2v) is 3.87. The lowest BCUT2D eigenvalue weighted by Crippen LogP contribution is -2.30. The number of aryl methyl sites for hydroxylation is 1. The van der Waals surface area contributed by atoms with Crippen molar-refractivity contribution in [3.05, 3.63) is 42.4 Å². The molecule has 2 aromatic rings. The molecule has 94 valence electrons. The van der Waals surface area contributed by atoms with Gasteiger partial charge >= 0.3 is 0 Å². The lowest BCUT2D eigenvalue weighted by Gasteiger charge is -2.13. The molecule has 0 saturated heterocycles. The molecule has 2 rings (SSSR count). The summed E-state index contributed by atoms with van der Waals surface area (Å²) < 4.78 is 1.66. The van der Waals surface area contributed by atoms with Crippen molar-refractivity contribution >= 4 is 11.7 Å². The zero-order valence-electron chi connectivity index (χ0n) is 10.3. The highest BCUT2D eigenvalue weighted by Gasteiger charge is 2.20. The number of amides is 1. The van der Waals surface area contributed by atoms with Crippen molar-refractivity contribution < 1.29 is 4.79 Å². The van der Waals surface area contributed by atoms with E-state index < -0.39 is 6.04 Å². The van der Waals surface area contributed by atoms with Crippen LogP contribution in [-0.4, -0.2) is 27.7 Å². The van der Waals surface area contributed by atoms with Gasteiger partial charge < -0.3 is 10.6 Å². The zero-order valence-corrected chi connectivity index (χ0v) is 10.3. The Kier molecular flexibility index (Phi) is 3.69. The molecule has 1 amide bonds. The average Bonchev–Trinajstić information content (AvgIpc) is 2.78. The van der Waals surface area contributed by atoms with Gasteiger partial charge in [-0.3, -0.25) is 9.48 Å². The number of pyridine rings is 1. The summed E-state index contributed by atoms with van der Waals surface area (Å²) in [7, 11) is 3.54. The number of likely N-dealkylation sites (N-methyl/N-ethyl adjacent to an activating group) is 1. The normalized spacial score (nSPS) is 12.1. The third-order valence-corrected chi connectivity index (χ3v) is 2.53. The van der Waals surface area contributed by atoms with Crippen LogP contribution in [0, 0.1) is 0 Å². The lowest BCUT2D eigenvalue weighted by atomic mass is 10.1. The molecule has 2 aromatic heterocycles. The van der Waals surface area contributed by atoms with Gasteiger partial charge in [-0.2, -0.15) is 5.10 Å². The second kappa shape index (κ2) is 5.42. The van der Waals surface area contributed by atoms with Crippen molar-refractivity contribution in [2.45, 2.75) is 6.04 Å². The summed E-state index contributed by atoms with van der Waals surface area (Å²) in [6, 6.07) is 4.92. The molecule has 2 heterocycles. The van der Waals surface area contributed by atoms with Crippen molar-refractivity contribution in [2.24, 2.45) is 7.05 Å². The predicted molar refractivity (Wildman–Crippen MR) is 67.9 cm³/mol. The van der Waals surface area contributed by atoms with E-state index in [0.29, 0.717) is 5.82 Å². The van der Waals surface area contributed by atoms with E-state index in [4.69, 9.17) is 0 Å². The van der Waals surface area contributed by atoms with Crippen molar-refractivity contribution in [2.75, 3.05) is 12.4 Å². The number of rotatable bonds is 4. The van der Waals surface area contributed by atoms with Crippen LogP contribution in [0.3, 0.4) is 0 Å². The molecule has 0 fully saturated rings. The van der Waals surface area contributed by atoms with Crippen LogP contribution < -0.4 is 10.6 Å². The maximum atomic E-state index is 12.1. The summed E-state index contributed by atoms with van der Waals surface area (Å²) in [5.41, 5.74) is 0.813. The molecule has 0 bridgehead atoms. The number of hydrogen-bond donors (Lipinski definition) is 2. The quantitative estimate of drug-likeness (QED) is 0.832. The molecule has 0 spiro atoms. The first-order chi connectivity index (χ1) is 8.70. The van der Waals surface area contributed by atoms with Crippen LogP contribution in [0.15, 0.2) is 36.8 Å². The van der Waals surface area contributed by atoms with E-state index in [-0.39, 0.29) is 5.91 Å². The van der Waals surface area contributed by atoms with E-state index in [1.165, 1.54) is 0 Å². The van der Waals surface area contributed by atoms with E-state index in [1.54, 1.807) is 42.5 Å². The molecule has 0 aliphatic heterocycles. The number of carbonyl (C=O) groups excluding carboxylic acids is 1. The van der Waals surface area contributed by atoms with Gasteiger partial charge in [-0.15, -0.1) is 0 Å². The van der Waals surface area contributed by atoms with Crippen molar-refractivity contribution in [3.63, 3.8) is 0 Å². The Labute approximate surface area is 105 Å². The van der Waals surface area contributed by atoms with Gasteiger partial charge in [0.05, 0.1) is 6.20 Å². The Morgan fingerprint density at radius 1 is 1.44 bits per heavy atom. The van der Waals surface area contributed by atoms with Crippen molar-refractivity contribution in [1.82, 2.24) is 20.1 Å². The Morgan fingerprint density at radius 2 is 2.28 bits per heavy atom. The summed E-state index contributed by atoms with van der Waals surface area (Å²) in [5, 5.41) is 9.77. The van der Waals surface area contributed by atoms with E-state index in [2.05, 4.69) is 20.7 Å². The number of nitrogens with zero attached hydrogens (tertiary/aromatic N) is 3. The molecule has 1 atom stereocenters. The van der Waals surface area contributed by atoms with Gasteiger partial charge in [0, 0.05) is 25.0 Å². The van der Waals surface area contributed by atoms with Crippen LogP contribution in [0.1, 0.15) is 11.6 Å². The second-order valence-electron chi connectivity index (χ2n) is 3.87. The third kappa shape index (κ3) is 2.72. The van der Waals surface area contributed by atoms with E-state index >= 15 is 0 Å². The molecule has 0 aliphatic rings. The van der Waals surface area contributed by atoms with Crippen LogP contribution in [0.2, 0.25) is 0 Å². The van der Waals surface area contributed by atoms with E-state index in [1.807, 2.05) is 13.1 Å². The molecule has 18 heavy (non-hydrogen) atoms. The van der Waals surface area contributed by atoms with E-state index in [0.717, 1.165) is 5.56 Å². The first-order valence-electron chi connectivity index (χ1n) is 5.58. The third-order valence-electron chi connectivity index (χ3n) is 2.53. The fourth-order valence-electron chi connectivity index (χ4n) is 1.67. The van der Waals surface area contributed by atoms with Gasteiger partial charge in [-0.1, -0.05) is 6.07 Å². The summed E-state index contributed by atoms with van der Waals surface area (Å²) >= 11 is 0. The molecular weight excluding hydrogens is 230 g/mol. The molecule has 6 heteroatoms. The molecule has 0 saturated carbocycles.